The fraction of sp³-hybridized carbons (Fsp3) is 0.421. The van der Waals surface area contributed by atoms with Gasteiger partial charge in [0.15, 0.2) is 0 Å². The van der Waals surface area contributed by atoms with Crippen LogP contribution < -0.4 is 5.56 Å². The third-order valence-corrected chi connectivity index (χ3v) is 4.53. The van der Waals surface area contributed by atoms with Gasteiger partial charge in [0, 0.05) is 18.0 Å². The molecule has 1 saturated carbocycles. The fourth-order valence-corrected chi connectivity index (χ4v) is 3.20. The molecule has 0 unspecified atom stereocenters. The molecule has 2 heterocycles. The molecule has 1 fully saturated rings. The normalized spacial score (nSPS) is 14.5. The van der Waals surface area contributed by atoms with Gasteiger partial charge in [-0.25, -0.2) is 4.98 Å². The average molecular weight is 339 g/mol. The third-order valence-electron chi connectivity index (χ3n) is 4.53. The lowest BCUT2D eigenvalue weighted by Crippen LogP contribution is -2.40. The number of carbonyl (C=O) groups is 1. The molecule has 6 nitrogen and oxygen atoms in total. The summed E-state index contributed by atoms with van der Waals surface area (Å²) in [5, 5.41) is 0.812. The van der Waals surface area contributed by atoms with Crippen LogP contribution >= 0.6 is 0 Å². The summed E-state index contributed by atoms with van der Waals surface area (Å²) < 4.78 is 7.02. The largest absolute Gasteiger partial charge is 0.448 e. The second-order valence-corrected chi connectivity index (χ2v) is 7.12. The van der Waals surface area contributed by atoms with Gasteiger partial charge in [0.1, 0.15) is 17.6 Å². The average Bonchev–Trinajstić information content (AvgIpc) is 3.35. The summed E-state index contributed by atoms with van der Waals surface area (Å²) in [5.74, 6) is 0.368. The molecule has 1 aliphatic carbocycles. The van der Waals surface area contributed by atoms with Crippen LogP contribution in [0.3, 0.4) is 0 Å². The second kappa shape index (κ2) is 6.02. The number of para-hydroxylation sites is 1. The number of fused-ring (bicyclic) bond motifs is 3. The Hall–Kier alpha value is -2.63. The summed E-state index contributed by atoms with van der Waals surface area (Å²) in [6.07, 6.45) is 3.55. The highest BCUT2D eigenvalue weighted by molar-refractivity contribution is 6.01. The first kappa shape index (κ1) is 15.9. The summed E-state index contributed by atoms with van der Waals surface area (Å²) in [5.41, 5.74) is 1.07. The van der Waals surface area contributed by atoms with Crippen molar-refractivity contribution in [2.75, 3.05) is 6.54 Å². The van der Waals surface area contributed by atoms with E-state index in [1.165, 1.54) is 10.9 Å². The van der Waals surface area contributed by atoms with Gasteiger partial charge in [-0.1, -0.05) is 26.0 Å². The van der Waals surface area contributed by atoms with Crippen LogP contribution in [0, 0.1) is 5.92 Å². The Morgan fingerprint density at radius 1 is 1.36 bits per heavy atom. The minimum absolute atomic E-state index is 0.00202. The molecular weight excluding hydrogens is 318 g/mol. The molecule has 25 heavy (non-hydrogen) atoms. The van der Waals surface area contributed by atoms with Crippen LogP contribution in [-0.2, 0) is 11.3 Å². The van der Waals surface area contributed by atoms with E-state index in [1.807, 2.05) is 29.2 Å². The maximum atomic E-state index is 12.7. The van der Waals surface area contributed by atoms with Crippen LogP contribution in [0.4, 0.5) is 0 Å². The minimum atomic E-state index is -0.310. The van der Waals surface area contributed by atoms with Gasteiger partial charge in [0.2, 0.25) is 11.5 Å². The number of carbonyl (C=O) groups excluding carboxylic acids is 1. The molecule has 2 aromatic heterocycles. The van der Waals surface area contributed by atoms with E-state index in [4.69, 9.17) is 4.42 Å². The molecule has 4 rings (SSSR count). The quantitative estimate of drug-likeness (QED) is 0.717. The number of amides is 1. The van der Waals surface area contributed by atoms with Gasteiger partial charge in [-0.3, -0.25) is 14.2 Å². The SMILES string of the molecule is CC(C)CN(C(=O)Cn1cnc2c(oc3ccccc32)c1=O)C1CC1. The zero-order chi connectivity index (χ0) is 17.6. The van der Waals surface area contributed by atoms with Crippen molar-refractivity contribution in [1.82, 2.24) is 14.5 Å². The lowest BCUT2D eigenvalue weighted by molar-refractivity contribution is -0.133. The molecule has 6 heteroatoms. The molecule has 0 bridgehead atoms. The van der Waals surface area contributed by atoms with E-state index in [0.717, 1.165) is 24.8 Å². The lowest BCUT2D eigenvalue weighted by atomic mass is 10.2. The van der Waals surface area contributed by atoms with Crippen molar-refractivity contribution in [1.29, 1.82) is 0 Å². The lowest BCUT2D eigenvalue weighted by Gasteiger charge is -2.24. The molecule has 1 aromatic carbocycles. The van der Waals surface area contributed by atoms with Crippen molar-refractivity contribution in [2.45, 2.75) is 39.3 Å². The van der Waals surface area contributed by atoms with Crippen LogP contribution in [0.1, 0.15) is 26.7 Å². The van der Waals surface area contributed by atoms with Gasteiger partial charge in [0.05, 0.1) is 6.33 Å². The van der Waals surface area contributed by atoms with E-state index < -0.39 is 0 Å². The van der Waals surface area contributed by atoms with E-state index >= 15 is 0 Å². The first-order valence-electron chi connectivity index (χ1n) is 8.70. The van der Waals surface area contributed by atoms with E-state index in [9.17, 15) is 9.59 Å². The number of hydrogen-bond donors (Lipinski definition) is 0. The highest BCUT2D eigenvalue weighted by atomic mass is 16.3. The van der Waals surface area contributed by atoms with Crippen molar-refractivity contribution in [3.63, 3.8) is 0 Å². The summed E-state index contributed by atoms with van der Waals surface area (Å²) in [6, 6.07) is 7.75. The zero-order valence-electron chi connectivity index (χ0n) is 14.4. The molecule has 1 aliphatic rings. The first-order chi connectivity index (χ1) is 12.0. The number of aromatic nitrogens is 2. The molecule has 1 amide bonds. The van der Waals surface area contributed by atoms with E-state index in [-0.39, 0.29) is 23.6 Å². The van der Waals surface area contributed by atoms with Crippen LogP contribution in [0.25, 0.3) is 22.1 Å². The molecular formula is C19H21N3O3. The highest BCUT2D eigenvalue weighted by Crippen LogP contribution is 2.28. The summed E-state index contributed by atoms with van der Waals surface area (Å²) in [6.45, 7) is 4.91. The summed E-state index contributed by atoms with van der Waals surface area (Å²) in [7, 11) is 0. The standard InChI is InChI=1S/C19H21N3O3/c1-12(2)9-22(13-7-8-13)16(23)10-21-11-20-17-14-5-3-4-6-15(14)25-18(17)19(21)24/h3-6,11-13H,7-10H2,1-2H3. The first-order valence-corrected chi connectivity index (χ1v) is 8.70. The van der Waals surface area contributed by atoms with Crippen LogP contribution in [0.5, 0.6) is 0 Å². The van der Waals surface area contributed by atoms with Gasteiger partial charge in [-0.15, -0.1) is 0 Å². The molecule has 0 N–H and O–H groups in total. The predicted molar refractivity (Wildman–Crippen MR) is 95.3 cm³/mol. The number of benzene rings is 1. The molecule has 0 aliphatic heterocycles. The number of rotatable bonds is 5. The Balaban J connectivity index is 1.67. The minimum Gasteiger partial charge on any atom is -0.448 e. The van der Waals surface area contributed by atoms with Crippen LogP contribution in [0.2, 0.25) is 0 Å². The maximum absolute atomic E-state index is 12.7. The molecule has 0 saturated heterocycles. The Morgan fingerprint density at radius 2 is 2.12 bits per heavy atom. The predicted octanol–water partition coefficient (Wildman–Crippen LogP) is 2.79. The molecule has 0 spiro atoms. The molecule has 0 atom stereocenters. The summed E-state index contributed by atoms with van der Waals surface area (Å²) in [4.78, 5) is 31.7. The Labute approximate surface area is 145 Å². The third kappa shape index (κ3) is 2.92. The van der Waals surface area contributed by atoms with Gasteiger partial charge in [-0.05, 0) is 30.9 Å². The van der Waals surface area contributed by atoms with E-state index in [2.05, 4.69) is 18.8 Å². The van der Waals surface area contributed by atoms with Gasteiger partial charge < -0.3 is 9.32 Å². The van der Waals surface area contributed by atoms with Crippen molar-refractivity contribution in [2.24, 2.45) is 5.92 Å². The highest BCUT2D eigenvalue weighted by Gasteiger charge is 2.33. The topological polar surface area (TPSA) is 68.3 Å². The molecule has 0 radical (unpaired) electrons. The van der Waals surface area contributed by atoms with Crippen LogP contribution in [-0.4, -0.2) is 32.9 Å². The van der Waals surface area contributed by atoms with Crippen molar-refractivity contribution in [3.05, 3.63) is 40.9 Å². The van der Waals surface area contributed by atoms with Gasteiger partial charge in [-0.2, -0.15) is 0 Å². The molecule has 3 aromatic rings. The molecule has 130 valence electrons. The van der Waals surface area contributed by atoms with Crippen molar-refractivity contribution in [3.8, 4) is 0 Å². The van der Waals surface area contributed by atoms with Gasteiger partial charge >= 0.3 is 0 Å². The maximum Gasteiger partial charge on any atom is 0.297 e. The number of nitrogens with zero attached hydrogens (tertiary/aromatic N) is 3. The summed E-state index contributed by atoms with van der Waals surface area (Å²) >= 11 is 0. The van der Waals surface area contributed by atoms with Crippen molar-refractivity contribution < 1.29 is 9.21 Å². The van der Waals surface area contributed by atoms with E-state index in [0.29, 0.717) is 23.1 Å². The van der Waals surface area contributed by atoms with Crippen molar-refractivity contribution >= 4 is 28.0 Å². The number of hydrogen-bond acceptors (Lipinski definition) is 4. The Bertz CT molecular complexity index is 998. The number of furan rings is 1. The smallest absolute Gasteiger partial charge is 0.297 e. The Morgan fingerprint density at radius 3 is 2.84 bits per heavy atom. The Kier molecular flexibility index (Phi) is 3.82. The van der Waals surface area contributed by atoms with Crippen LogP contribution in [0.15, 0.2) is 39.8 Å². The van der Waals surface area contributed by atoms with Gasteiger partial charge in [0.25, 0.3) is 5.56 Å². The van der Waals surface area contributed by atoms with E-state index in [1.54, 1.807) is 0 Å². The second-order valence-electron chi connectivity index (χ2n) is 7.12. The fourth-order valence-electron chi connectivity index (χ4n) is 3.20. The monoisotopic (exact) mass is 339 g/mol. The zero-order valence-corrected chi connectivity index (χ0v) is 14.4.